The van der Waals surface area contributed by atoms with Crippen LogP contribution in [0.5, 0.6) is 5.75 Å². The van der Waals surface area contributed by atoms with Gasteiger partial charge in [0.2, 0.25) is 0 Å². The molecule has 5 heteroatoms. The average molecular weight is 255 g/mol. The molecule has 2 N–H and O–H groups in total. The topological polar surface area (TPSA) is 69.4 Å². The maximum absolute atomic E-state index is 11.8. The molecule has 0 unspecified atom stereocenters. The van der Waals surface area contributed by atoms with Crippen molar-refractivity contribution in [3.05, 3.63) is 23.8 Å². The van der Waals surface area contributed by atoms with E-state index in [-0.39, 0.29) is 0 Å². The van der Waals surface area contributed by atoms with E-state index in [1.807, 2.05) is 0 Å². The van der Waals surface area contributed by atoms with E-state index in [0.717, 1.165) is 19.3 Å². The molecule has 17 heavy (non-hydrogen) atoms. The van der Waals surface area contributed by atoms with Gasteiger partial charge in [0.15, 0.2) is 9.84 Å². The first-order valence-corrected chi connectivity index (χ1v) is 7.44. The predicted octanol–water partition coefficient (Wildman–Crippen LogP) is 1.44. The minimum atomic E-state index is -3.29. The van der Waals surface area contributed by atoms with Gasteiger partial charge in [-0.15, -0.1) is 0 Å². The first-order valence-electron chi connectivity index (χ1n) is 5.55. The molecule has 1 aliphatic carbocycles. The SMILES string of the molecule is COc1cccc(S(C)(=O)=O)c1C1(N)CCC1. The zero-order valence-corrected chi connectivity index (χ0v) is 10.9. The summed E-state index contributed by atoms with van der Waals surface area (Å²) in [6, 6.07) is 5.04. The van der Waals surface area contributed by atoms with Crippen molar-refractivity contribution in [1.29, 1.82) is 0 Å². The zero-order valence-electron chi connectivity index (χ0n) is 10.1. The van der Waals surface area contributed by atoms with E-state index < -0.39 is 15.4 Å². The molecule has 1 fully saturated rings. The second-order valence-corrected chi connectivity index (χ2v) is 6.60. The molecule has 1 aliphatic rings. The molecule has 1 aromatic rings. The van der Waals surface area contributed by atoms with Crippen LogP contribution in [-0.4, -0.2) is 21.8 Å². The number of hydrogen-bond acceptors (Lipinski definition) is 4. The van der Waals surface area contributed by atoms with E-state index in [4.69, 9.17) is 10.5 Å². The number of hydrogen-bond donors (Lipinski definition) is 1. The number of methoxy groups -OCH3 is 1. The van der Waals surface area contributed by atoms with Crippen LogP contribution >= 0.6 is 0 Å². The zero-order chi connectivity index (χ0) is 12.7. The molecule has 94 valence electrons. The minimum Gasteiger partial charge on any atom is -0.496 e. The van der Waals surface area contributed by atoms with E-state index in [1.54, 1.807) is 18.2 Å². The van der Waals surface area contributed by atoms with Crippen molar-refractivity contribution in [3.8, 4) is 5.75 Å². The smallest absolute Gasteiger partial charge is 0.176 e. The number of rotatable bonds is 3. The monoisotopic (exact) mass is 255 g/mol. The fourth-order valence-electron chi connectivity index (χ4n) is 2.29. The molecule has 1 aromatic carbocycles. The quantitative estimate of drug-likeness (QED) is 0.887. The lowest BCUT2D eigenvalue weighted by Gasteiger charge is -2.40. The third-order valence-corrected chi connectivity index (χ3v) is 4.49. The molecule has 0 aromatic heterocycles. The lowest BCUT2D eigenvalue weighted by molar-refractivity contribution is 0.238. The van der Waals surface area contributed by atoms with Crippen LogP contribution in [0.15, 0.2) is 23.1 Å². The van der Waals surface area contributed by atoms with E-state index in [0.29, 0.717) is 16.2 Å². The Morgan fingerprint density at radius 2 is 2.00 bits per heavy atom. The molecule has 2 rings (SSSR count). The lowest BCUT2D eigenvalue weighted by Crippen LogP contribution is -2.44. The Bertz CT molecular complexity index is 533. The molecule has 0 atom stereocenters. The maximum Gasteiger partial charge on any atom is 0.176 e. The average Bonchev–Trinajstić information content (AvgIpc) is 2.23. The van der Waals surface area contributed by atoms with Gasteiger partial charge in [0.05, 0.1) is 12.0 Å². The number of nitrogens with two attached hydrogens (primary N) is 1. The van der Waals surface area contributed by atoms with Gasteiger partial charge in [-0.05, 0) is 31.4 Å². The Hall–Kier alpha value is -1.07. The van der Waals surface area contributed by atoms with Gasteiger partial charge in [-0.2, -0.15) is 0 Å². The van der Waals surface area contributed by atoms with Crippen molar-refractivity contribution < 1.29 is 13.2 Å². The second-order valence-electron chi connectivity index (χ2n) is 4.62. The van der Waals surface area contributed by atoms with Crippen LogP contribution in [0.4, 0.5) is 0 Å². The van der Waals surface area contributed by atoms with E-state index in [2.05, 4.69) is 0 Å². The predicted molar refractivity (Wildman–Crippen MR) is 65.8 cm³/mol. The van der Waals surface area contributed by atoms with Crippen molar-refractivity contribution in [3.63, 3.8) is 0 Å². The minimum absolute atomic E-state index is 0.291. The number of benzene rings is 1. The Balaban J connectivity index is 2.68. The van der Waals surface area contributed by atoms with Crippen LogP contribution in [0.25, 0.3) is 0 Å². The normalized spacial score (nSPS) is 18.5. The van der Waals surface area contributed by atoms with Crippen LogP contribution in [0, 0.1) is 0 Å². The number of ether oxygens (including phenoxy) is 1. The third-order valence-electron chi connectivity index (χ3n) is 3.35. The summed E-state index contributed by atoms with van der Waals surface area (Å²) in [5, 5.41) is 0. The molecule has 0 heterocycles. The van der Waals surface area contributed by atoms with Gasteiger partial charge in [-0.3, -0.25) is 0 Å². The summed E-state index contributed by atoms with van der Waals surface area (Å²) in [5.41, 5.74) is 6.34. The molecule has 0 aliphatic heterocycles. The first kappa shape index (κ1) is 12.4. The van der Waals surface area contributed by atoms with Gasteiger partial charge < -0.3 is 10.5 Å². The summed E-state index contributed by atoms with van der Waals surface area (Å²) in [4.78, 5) is 0.291. The van der Waals surface area contributed by atoms with Crippen LogP contribution in [0.2, 0.25) is 0 Å². The summed E-state index contributed by atoms with van der Waals surface area (Å²) >= 11 is 0. The molecule has 0 spiro atoms. The van der Waals surface area contributed by atoms with Crippen molar-refractivity contribution in [2.24, 2.45) is 5.73 Å². The van der Waals surface area contributed by atoms with Gasteiger partial charge in [0, 0.05) is 17.4 Å². The fraction of sp³-hybridized carbons (Fsp3) is 0.500. The lowest BCUT2D eigenvalue weighted by atomic mass is 9.72. The van der Waals surface area contributed by atoms with Crippen LogP contribution < -0.4 is 10.5 Å². The molecular weight excluding hydrogens is 238 g/mol. The third kappa shape index (κ3) is 2.05. The summed E-state index contributed by atoms with van der Waals surface area (Å²) in [5.74, 6) is 0.565. The summed E-state index contributed by atoms with van der Waals surface area (Å²) in [6.07, 6.45) is 3.83. The van der Waals surface area contributed by atoms with Crippen molar-refractivity contribution in [1.82, 2.24) is 0 Å². The number of sulfone groups is 1. The van der Waals surface area contributed by atoms with Crippen LogP contribution in [0.3, 0.4) is 0 Å². The van der Waals surface area contributed by atoms with E-state index in [1.165, 1.54) is 13.4 Å². The Morgan fingerprint density at radius 3 is 2.41 bits per heavy atom. The van der Waals surface area contributed by atoms with Crippen molar-refractivity contribution in [2.75, 3.05) is 13.4 Å². The van der Waals surface area contributed by atoms with Crippen molar-refractivity contribution in [2.45, 2.75) is 29.7 Å². The molecule has 1 saturated carbocycles. The Morgan fingerprint density at radius 1 is 1.35 bits per heavy atom. The van der Waals surface area contributed by atoms with Gasteiger partial charge in [0.1, 0.15) is 5.75 Å². The fourth-order valence-corrected chi connectivity index (χ4v) is 3.29. The summed E-state index contributed by atoms with van der Waals surface area (Å²) in [6.45, 7) is 0. The Labute approximate surface area is 102 Å². The molecule has 0 radical (unpaired) electrons. The standard InChI is InChI=1S/C12H17NO3S/c1-16-9-5-3-6-10(17(2,14)15)11(9)12(13)7-4-8-12/h3,5-6H,4,7-8,13H2,1-2H3. The molecule has 4 nitrogen and oxygen atoms in total. The molecule has 0 saturated heterocycles. The van der Waals surface area contributed by atoms with Crippen molar-refractivity contribution >= 4 is 9.84 Å². The molecule has 0 amide bonds. The van der Waals surface area contributed by atoms with Crippen LogP contribution in [0.1, 0.15) is 24.8 Å². The van der Waals surface area contributed by atoms with Gasteiger partial charge >= 0.3 is 0 Å². The van der Waals surface area contributed by atoms with Gasteiger partial charge in [-0.1, -0.05) is 6.07 Å². The summed E-state index contributed by atoms with van der Waals surface area (Å²) < 4.78 is 28.9. The van der Waals surface area contributed by atoms with E-state index in [9.17, 15) is 8.42 Å². The summed E-state index contributed by atoms with van der Waals surface area (Å²) in [7, 11) is -1.75. The highest BCUT2D eigenvalue weighted by atomic mass is 32.2. The van der Waals surface area contributed by atoms with Crippen LogP contribution in [-0.2, 0) is 15.4 Å². The second kappa shape index (κ2) is 3.99. The molecular formula is C12H17NO3S. The molecule has 0 bridgehead atoms. The van der Waals surface area contributed by atoms with Gasteiger partial charge in [-0.25, -0.2) is 8.42 Å². The van der Waals surface area contributed by atoms with Gasteiger partial charge in [0.25, 0.3) is 0 Å². The first-order chi connectivity index (χ1) is 7.88. The largest absolute Gasteiger partial charge is 0.496 e. The highest BCUT2D eigenvalue weighted by Gasteiger charge is 2.40. The Kier molecular flexibility index (Phi) is 2.91. The van der Waals surface area contributed by atoms with E-state index >= 15 is 0 Å². The highest BCUT2D eigenvalue weighted by Crippen LogP contribution is 2.45. The maximum atomic E-state index is 11.8. The highest BCUT2D eigenvalue weighted by molar-refractivity contribution is 7.90.